The van der Waals surface area contributed by atoms with E-state index in [4.69, 9.17) is 16.1 Å². The summed E-state index contributed by atoms with van der Waals surface area (Å²) in [7, 11) is 0. The lowest BCUT2D eigenvalue weighted by Gasteiger charge is -2.10. The van der Waals surface area contributed by atoms with Gasteiger partial charge in [-0.2, -0.15) is 10.1 Å². The van der Waals surface area contributed by atoms with Crippen LogP contribution < -0.4 is 5.32 Å². The minimum Gasteiger partial charge on any atom is -0.338 e. The van der Waals surface area contributed by atoms with Crippen LogP contribution in [-0.2, 0) is 5.41 Å². The summed E-state index contributed by atoms with van der Waals surface area (Å²) >= 11 is 6.43. The van der Waals surface area contributed by atoms with E-state index in [2.05, 4.69) is 20.6 Å². The minimum atomic E-state index is -0.400. The Morgan fingerprint density at radius 3 is 2.34 bits per heavy atom. The molecule has 4 aromatic rings. The maximum absolute atomic E-state index is 13.2. The van der Waals surface area contributed by atoms with E-state index in [0.29, 0.717) is 28.8 Å². The SMILES string of the molecule is Cc1nn(-c2ccc(F)cc2)c(Cl)c1C(=O)Nc1ccc(-c2noc(C(C)(C)C)n2)cc1. The molecule has 2 heterocycles. The number of halogens is 2. The van der Waals surface area contributed by atoms with Gasteiger partial charge in [-0.05, 0) is 55.5 Å². The molecule has 0 fully saturated rings. The standard InChI is InChI=1S/C23H21ClFN5O2/c1-13-18(19(24)30(28-13)17-11-7-15(25)8-12-17)21(31)26-16-9-5-14(6-10-16)20-27-22(32-29-20)23(2,3)4/h5-12H,1-4H3,(H,26,31). The molecule has 32 heavy (non-hydrogen) atoms. The fraction of sp³-hybridized carbons (Fsp3) is 0.217. The van der Waals surface area contributed by atoms with Gasteiger partial charge in [0.25, 0.3) is 5.91 Å². The van der Waals surface area contributed by atoms with Crippen molar-refractivity contribution in [2.24, 2.45) is 0 Å². The lowest BCUT2D eigenvalue weighted by atomic mass is 9.97. The highest BCUT2D eigenvalue weighted by Gasteiger charge is 2.23. The number of nitrogens with zero attached hydrogens (tertiary/aromatic N) is 4. The third-order valence-electron chi connectivity index (χ3n) is 4.77. The molecule has 7 nitrogen and oxygen atoms in total. The summed E-state index contributed by atoms with van der Waals surface area (Å²) in [6.45, 7) is 7.67. The second-order valence-electron chi connectivity index (χ2n) is 8.34. The van der Waals surface area contributed by atoms with Crippen molar-refractivity contribution in [1.29, 1.82) is 0 Å². The van der Waals surface area contributed by atoms with Gasteiger partial charge in [-0.25, -0.2) is 9.07 Å². The van der Waals surface area contributed by atoms with Crippen LogP contribution in [0.4, 0.5) is 10.1 Å². The summed E-state index contributed by atoms with van der Waals surface area (Å²) in [6.07, 6.45) is 0. The average molecular weight is 454 g/mol. The van der Waals surface area contributed by atoms with Gasteiger partial charge < -0.3 is 9.84 Å². The fourth-order valence-electron chi connectivity index (χ4n) is 3.05. The number of hydrogen-bond donors (Lipinski definition) is 1. The van der Waals surface area contributed by atoms with Gasteiger partial charge in [0, 0.05) is 16.7 Å². The molecule has 0 saturated carbocycles. The van der Waals surface area contributed by atoms with Crippen molar-refractivity contribution in [3.05, 3.63) is 76.6 Å². The Morgan fingerprint density at radius 2 is 1.75 bits per heavy atom. The predicted molar refractivity (Wildman–Crippen MR) is 120 cm³/mol. The zero-order chi connectivity index (χ0) is 23.0. The summed E-state index contributed by atoms with van der Waals surface area (Å²) < 4.78 is 19.9. The first-order chi connectivity index (χ1) is 15.1. The number of anilines is 1. The Bertz CT molecular complexity index is 1270. The van der Waals surface area contributed by atoms with Crippen molar-refractivity contribution in [2.45, 2.75) is 33.1 Å². The van der Waals surface area contributed by atoms with Gasteiger partial charge in [0.15, 0.2) is 0 Å². The van der Waals surface area contributed by atoms with E-state index < -0.39 is 5.91 Å². The second-order valence-corrected chi connectivity index (χ2v) is 8.70. The van der Waals surface area contributed by atoms with E-state index in [1.165, 1.54) is 28.9 Å². The molecule has 0 atom stereocenters. The smallest absolute Gasteiger partial charge is 0.260 e. The first-order valence-corrected chi connectivity index (χ1v) is 10.3. The largest absolute Gasteiger partial charge is 0.338 e. The van der Waals surface area contributed by atoms with Crippen molar-refractivity contribution >= 4 is 23.2 Å². The summed E-state index contributed by atoms with van der Waals surface area (Å²) in [5.74, 6) is 0.259. The zero-order valence-corrected chi connectivity index (χ0v) is 18.7. The van der Waals surface area contributed by atoms with Crippen molar-refractivity contribution in [3.8, 4) is 17.1 Å². The molecular weight excluding hydrogens is 433 g/mol. The van der Waals surface area contributed by atoms with Crippen LogP contribution in [0.3, 0.4) is 0 Å². The topological polar surface area (TPSA) is 85.8 Å². The van der Waals surface area contributed by atoms with E-state index in [-0.39, 0.29) is 21.9 Å². The molecule has 4 rings (SSSR count). The normalized spacial score (nSPS) is 11.6. The van der Waals surface area contributed by atoms with E-state index in [9.17, 15) is 9.18 Å². The number of benzene rings is 2. The molecule has 0 radical (unpaired) electrons. The summed E-state index contributed by atoms with van der Waals surface area (Å²) in [5, 5.41) is 11.3. The van der Waals surface area contributed by atoms with Crippen molar-refractivity contribution in [2.75, 3.05) is 5.32 Å². The van der Waals surface area contributed by atoms with Crippen LogP contribution in [-0.4, -0.2) is 25.8 Å². The number of aromatic nitrogens is 4. The summed E-state index contributed by atoms with van der Waals surface area (Å²) in [5.41, 5.74) is 2.35. The monoisotopic (exact) mass is 453 g/mol. The van der Waals surface area contributed by atoms with E-state index >= 15 is 0 Å². The first-order valence-electron chi connectivity index (χ1n) is 9.90. The average Bonchev–Trinajstić information content (AvgIpc) is 3.34. The van der Waals surface area contributed by atoms with Crippen molar-refractivity contribution in [3.63, 3.8) is 0 Å². The molecule has 1 N–H and O–H groups in total. The lowest BCUT2D eigenvalue weighted by molar-refractivity contribution is 0.102. The van der Waals surface area contributed by atoms with Crippen LogP contribution in [0.15, 0.2) is 53.1 Å². The molecule has 0 unspecified atom stereocenters. The van der Waals surface area contributed by atoms with Gasteiger partial charge in [-0.3, -0.25) is 4.79 Å². The van der Waals surface area contributed by atoms with E-state index in [1.54, 1.807) is 31.2 Å². The highest BCUT2D eigenvalue weighted by atomic mass is 35.5. The first kappa shape index (κ1) is 21.7. The Morgan fingerprint density at radius 1 is 1.09 bits per heavy atom. The van der Waals surface area contributed by atoms with Gasteiger partial charge in [0.2, 0.25) is 11.7 Å². The Balaban J connectivity index is 1.53. The molecule has 0 aliphatic heterocycles. The second kappa shape index (κ2) is 8.20. The molecule has 0 aliphatic rings. The number of nitrogens with one attached hydrogen (secondary N) is 1. The maximum atomic E-state index is 13.2. The Kier molecular flexibility index (Phi) is 5.56. The molecule has 164 valence electrons. The summed E-state index contributed by atoms with van der Waals surface area (Å²) in [4.78, 5) is 17.3. The van der Waals surface area contributed by atoms with Crippen LogP contribution in [0.1, 0.15) is 42.7 Å². The van der Waals surface area contributed by atoms with Crippen LogP contribution in [0.25, 0.3) is 17.1 Å². The molecule has 2 aromatic carbocycles. The number of carbonyl (C=O) groups is 1. The Labute approximate surface area is 189 Å². The van der Waals surface area contributed by atoms with Crippen LogP contribution >= 0.6 is 11.6 Å². The van der Waals surface area contributed by atoms with Gasteiger partial charge in [-0.15, -0.1) is 0 Å². The van der Waals surface area contributed by atoms with E-state index in [0.717, 1.165) is 5.56 Å². The fourth-order valence-corrected chi connectivity index (χ4v) is 3.41. The predicted octanol–water partition coefficient (Wildman–Crippen LogP) is 5.57. The molecule has 9 heteroatoms. The third kappa shape index (κ3) is 4.27. The maximum Gasteiger partial charge on any atom is 0.260 e. The molecule has 0 saturated heterocycles. The van der Waals surface area contributed by atoms with Gasteiger partial charge in [0.1, 0.15) is 16.5 Å². The molecule has 1 amide bonds. The molecule has 2 aromatic heterocycles. The van der Waals surface area contributed by atoms with Crippen molar-refractivity contribution < 1.29 is 13.7 Å². The quantitative estimate of drug-likeness (QED) is 0.436. The van der Waals surface area contributed by atoms with Gasteiger partial charge in [0.05, 0.1) is 11.4 Å². The zero-order valence-electron chi connectivity index (χ0n) is 18.0. The van der Waals surface area contributed by atoms with Crippen LogP contribution in [0.5, 0.6) is 0 Å². The molecular formula is C23H21ClFN5O2. The number of carbonyl (C=O) groups excluding carboxylic acids is 1. The highest BCUT2D eigenvalue weighted by molar-refractivity contribution is 6.34. The Hall–Kier alpha value is -3.52. The molecule has 0 spiro atoms. The lowest BCUT2D eigenvalue weighted by Crippen LogP contribution is -2.13. The number of hydrogen-bond acceptors (Lipinski definition) is 5. The molecule has 0 bridgehead atoms. The number of rotatable bonds is 4. The van der Waals surface area contributed by atoms with Crippen LogP contribution in [0.2, 0.25) is 5.15 Å². The van der Waals surface area contributed by atoms with Gasteiger partial charge in [-0.1, -0.05) is 37.5 Å². The highest BCUT2D eigenvalue weighted by Crippen LogP contribution is 2.27. The third-order valence-corrected chi connectivity index (χ3v) is 5.12. The van der Waals surface area contributed by atoms with Crippen molar-refractivity contribution in [1.82, 2.24) is 19.9 Å². The molecule has 0 aliphatic carbocycles. The minimum absolute atomic E-state index is 0.143. The van der Waals surface area contributed by atoms with Crippen LogP contribution in [0, 0.1) is 12.7 Å². The number of aryl methyl sites for hydroxylation is 1. The summed E-state index contributed by atoms with van der Waals surface area (Å²) in [6, 6.07) is 12.8. The number of amides is 1. The van der Waals surface area contributed by atoms with E-state index in [1.807, 2.05) is 20.8 Å². The van der Waals surface area contributed by atoms with Gasteiger partial charge >= 0.3 is 0 Å².